The van der Waals surface area contributed by atoms with Crippen LogP contribution in [-0.2, 0) is 6.42 Å². The van der Waals surface area contributed by atoms with Crippen molar-refractivity contribution in [3.63, 3.8) is 0 Å². The SMILES string of the molecule is CCNCCc1nc2[nH]c(=O)[nH]c(=O)c2[nH]1. The van der Waals surface area contributed by atoms with Gasteiger partial charge in [0, 0.05) is 13.0 Å². The zero-order valence-corrected chi connectivity index (χ0v) is 8.89. The van der Waals surface area contributed by atoms with Crippen molar-refractivity contribution < 1.29 is 0 Å². The second-order valence-corrected chi connectivity index (χ2v) is 3.42. The molecule has 16 heavy (non-hydrogen) atoms. The minimum absolute atomic E-state index is 0.306. The summed E-state index contributed by atoms with van der Waals surface area (Å²) >= 11 is 0. The van der Waals surface area contributed by atoms with Gasteiger partial charge in [-0.05, 0) is 6.54 Å². The normalized spacial score (nSPS) is 11.1. The van der Waals surface area contributed by atoms with Gasteiger partial charge in [0.25, 0.3) is 5.56 Å². The Bertz CT molecular complexity index is 594. The summed E-state index contributed by atoms with van der Waals surface area (Å²) in [7, 11) is 0. The van der Waals surface area contributed by atoms with Crippen molar-refractivity contribution in [1.29, 1.82) is 0 Å². The molecule has 0 aliphatic rings. The third-order valence-electron chi connectivity index (χ3n) is 2.23. The molecule has 0 aliphatic carbocycles. The maximum atomic E-state index is 11.4. The first-order valence-electron chi connectivity index (χ1n) is 5.12. The standard InChI is InChI=1S/C9H13N5O2/c1-2-10-4-3-5-11-6-7(12-5)13-9(16)14-8(6)15/h10H,2-4H2,1H3,(H3,11,12,13,14,15,16). The van der Waals surface area contributed by atoms with Crippen LogP contribution in [0.2, 0.25) is 0 Å². The predicted octanol–water partition coefficient (Wildman–Crippen LogP) is -0.908. The summed E-state index contributed by atoms with van der Waals surface area (Å²) in [5, 5.41) is 3.15. The Hall–Kier alpha value is -1.89. The molecule has 0 aromatic carbocycles. The van der Waals surface area contributed by atoms with Crippen LogP contribution >= 0.6 is 0 Å². The highest BCUT2D eigenvalue weighted by Crippen LogP contribution is 2.01. The van der Waals surface area contributed by atoms with Gasteiger partial charge in [-0.3, -0.25) is 14.8 Å². The highest BCUT2D eigenvalue weighted by atomic mass is 16.2. The maximum absolute atomic E-state index is 11.4. The number of aromatic amines is 3. The van der Waals surface area contributed by atoms with Gasteiger partial charge in [-0.2, -0.15) is 0 Å². The van der Waals surface area contributed by atoms with Crippen LogP contribution in [0.1, 0.15) is 12.7 Å². The molecule has 0 saturated carbocycles. The second-order valence-electron chi connectivity index (χ2n) is 3.42. The van der Waals surface area contributed by atoms with E-state index in [1.807, 2.05) is 6.92 Å². The Kier molecular flexibility index (Phi) is 2.86. The monoisotopic (exact) mass is 223 g/mol. The highest BCUT2D eigenvalue weighted by molar-refractivity contribution is 5.68. The van der Waals surface area contributed by atoms with Gasteiger partial charge in [0.05, 0.1) is 0 Å². The van der Waals surface area contributed by atoms with E-state index in [0.29, 0.717) is 23.4 Å². The zero-order valence-electron chi connectivity index (χ0n) is 8.89. The third-order valence-corrected chi connectivity index (χ3v) is 2.23. The minimum Gasteiger partial charge on any atom is -0.336 e. The fraction of sp³-hybridized carbons (Fsp3) is 0.444. The molecular weight excluding hydrogens is 210 g/mol. The van der Waals surface area contributed by atoms with Gasteiger partial charge in [-0.25, -0.2) is 9.78 Å². The first-order valence-corrected chi connectivity index (χ1v) is 5.12. The van der Waals surface area contributed by atoms with Crippen molar-refractivity contribution in [2.75, 3.05) is 13.1 Å². The number of nitrogens with one attached hydrogen (secondary N) is 4. The number of aromatic nitrogens is 4. The van der Waals surface area contributed by atoms with Crippen molar-refractivity contribution in [1.82, 2.24) is 25.3 Å². The molecule has 0 bridgehead atoms. The highest BCUT2D eigenvalue weighted by Gasteiger charge is 2.06. The summed E-state index contributed by atoms with van der Waals surface area (Å²) < 4.78 is 0. The average molecular weight is 223 g/mol. The molecule has 7 heteroatoms. The summed E-state index contributed by atoms with van der Waals surface area (Å²) in [6.07, 6.45) is 0.685. The Morgan fingerprint density at radius 3 is 2.81 bits per heavy atom. The summed E-state index contributed by atoms with van der Waals surface area (Å²) in [5.41, 5.74) is -0.366. The topological polar surface area (TPSA) is 106 Å². The van der Waals surface area contributed by atoms with Gasteiger partial charge in [-0.1, -0.05) is 6.92 Å². The first-order chi connectivity index (χ1) is 7.70. The van der Waals surface area contributed by atoms with Crippen LogP contribution in [0.4, 0.5) is 0 Å². The van der Waals surface area contributed by atoms with Crippen LogP contribution in [0.15, 0.2) is 9.59 Å². The molecule has 2 aromatic heterocycles. The molecule has 0 saturated heterocycles. The van der Waals surface area contributed by atoms with Crippen molar-refractivity contribution in [3.8, 4) is 0 Å². The van der Waals surface area contributed by atoms with E-state index in [1.54, 1.807) is 0 Å². The van der Waals surface area contributed by atoms with E-state index in [0.717, 1.165) is 13.1 Å². The molecule has 2 rings (SSSR count). The number of hydrogen-bond donors (Lipinski definition) is 4. The Balaban J connectivity index is 2.33. The summed E-state index contributed by atoms with van der Waals surface area (Å²) in [5.74, 6) is 0.684. The second kappa shape index (κ2) is 4.31. The summed E-state index contributed by atoms with van der Waals surface area (Å²) in [4.78, 5) is 34.0. The van der Waals surface area contributed by atoms with Crippen LogP contribution in [0, 0.1) is 0 Å². The van der Waals surface area contributed by atoms with Crippen molar-refractivity contribution in [2.45, 2.75) is 13.3 Å². The Morgan fingerprint density at radius 2 is 2.06 bits per heavy atom. The molecule has 0 atom stereocenters. The lowest BCUT2D eigenvalue weighted by molar-refractivity contribution is 0.702. The lowest BCUT2D eigenvalue weighted by atomic mass is 10.4. The third kappa shape index (κ3) is 2.03. The minimum atomic E-state index is -0.540. The van der Waals surface area contributed by atoms with Crippen LogP contribution < -0.4 is 16.6 Å². The van der Waals surface area contributed by atoms with Crippen molar-refractivity contribution >= 4 is 11.2 Å². The number of imidazole rings is 1. The molecule has 0 amide bonds. The van der Waals surface area contributed by atoms with Crippen molar-refractivity contribution in [2.24, 2.45) is 0 Å². The number of hydrogen-bond acceptors (Lipinski definition) is 4. The molecule has 2 heterocycles. The maximum Gasteiger partial charge on any atom is 0.327 e. The van der Waals surface area contributed by atoms with Gasteiger partial charge < -0.3 is 10.3 Å². The van der Waals surface area contributed by atoms with E-state index in [-0.39, 0.29) is 0 Å². The van der Waals surface area contributed by atoms with Gasteiger partial charge in [0.15, 0.2) is 5.65 Å². The number of H-pyrrole nitrogens is 3. The van der Waals surface area contributed by atoms with E-state index in [2.05, 4.69) is 25.3 Å². The number of fused-ring (bicyclic) bond motifs is 1. The molecule has 2 aromatic rings. The van der Waals surface area contributed by atoms with Gasteiger partial charge >= 0.3 is 5.69 Å². The fourth-order valence-corrected chi connectivity index (χ4v) is 1.48. The number of likely N-dealkylation sites (N-methyl/N-ethyl adjacent to an activating group) is 1. The summed E-state index contributed by atoms with van der Waals surface area (Å²) in [6.45, 7) is 3.68. The largest absolute Gasteiger partial charge is 0.336 e. The van der Waals surface area contributed by atoms with E-state index >= 15 is 0 Å². The van der Waals surface area contributed by atoms with Crippen LogP contribution in [-0.4, -0.2) is 33.0 Å². The molecule has 7 nitrogen and oxygen atoms in total. The van der Waals surface area contributed by atoms with E-state index in [4.69, 9.17) is 0 Å². The van der Waals surface area contributed by atoms with Crippen LogP contribution in [0.25, 0.3) is 11.2 Å². The summed E-state index contributed by atoms with van der Waals surface area (Å²) in [6, 6.07) is 0. The van der Waals surface area contributed by atoms with Crippen molar-refractivity contribution in [3.05, 3.63) is 26.7 Å². The fourth-order valence-electron chi connectivity index (χ4n) is 1.48. The quantitative estimate of drug-likeness (QED) is 0.503. The first kappa shape index (κ1) is 10.6. The van der Waals surface area contributed by atoms with Crippen LogP contribution in [0.5, 0.6) is 0 Å². The molecule has 0 spiro atoms. The van der Waals surface area contributed by atoms with E-state index < -0.39 is 11.2 Å². The molecule has 86 valence electrons. The van der Waals surface area contributed by atoms with E-state index in [1.165, 1.54) is 0 Å². The lowest BCUT2D eigenvalue weighted by Gasteiger charge is -1.96. The van der Waals surface area contributed by atoms with Gasteiger partial charge in [0.2, 0.25) is 0 Å². The molecular formula is C9H13N5O2. The number of rotatable bonds is 4. The lowest BCUT2D eigenvalue weighted by Crippen LogP contribution is -2.21. The average Bonchev–Trinajstić information content (AvgIpc) is 2.61. The Morgan fingerprint density at radius 1 is 1.25 bits per heavy atom. The van der Waals surface area contributed by atoms with E-state index in [9.17, 15) is 9.59 Å². The number of nitrogens with zero attached hydrogens (tertiary/aromatic N) is 1. The molecule has 0 aliphatic heterocycles. The zero-order chi connectivity index (χ0) is 11.5. The van der Waals surface area contributed by atoms with Crippen LogP contribution in [0.3, 0.4) is 0 Å². The molecule has 4 N–H and O–H groups in total. The molecule has 0 fully saturated rings. The van der Waals surface area contributed by atoms with Gasteiger partial charge in [-0.15, -0.1) is 0 Å². The molecule has 0 unspecified atom stereocenters. The Labute approximate surface area is 90.3 Å². The van der Waals surface area contributed by atoms with Gasteiger partial charge in [0.1, 0.15) is 11.3 Å². The predicted molar refractivity (Wildman–Crippen MR) is 59.6 cm³/mol. The molecule has 0 radical (unpaired) electrons. The smallest absolute Gasteiger partial charge is 0.327 e.